The van der Waals surface area contributed by atoms with Crippen LogP contribution >= 0.6 is 0 Å². The van der Waals surface area contributed by atoms with Crippen LogP contribution in [-0.2, 0) is 17.8 Å². The average molecular weight is 300 g/mol. The third-order valence-corrected chi connectivity index (χ3v) is 3.56. The first kappa shape index (κ1) is 16.0. The highest BCUT2D eigenvalue weighted by molar-refractivity contribution is 6.11. The summed E-state index contributed by atoms with van der Waals surface area (Å²) in [7, 11) is 1.57. The van der Waals surface area contributed by atoms with E-state index in [-0.39, 0.29) is 22.8 Å². The number of aromatic hydroxyl groups is 2. The molecular formula is C18H20O4. The average Bonchev–Trinajstić information content (AvgIpc) is 2.52. The topological polar surface area (TPSA) is 66.8 Å². The van der Waals surface area contributed by atoms with Crippen LogP contribution < -0.4 is 0 Å². The summed E-state index contributed by atoms with van der Waals surface area (Å²) in [6.07, 6.45) is 1.28. The molecule has 0 saturated carbocycles. The summed E-state index contributed by atoms with van der Waals surface area (Å²) in [4.78, 5) is 12.7. The summed E-state index contributed by atoms with van der Waals surface area (Å²) in [5, 5.41) is 20.2. The lowest BCUT2D eigenvalue weighted by Gasteiger charge is -2.12. The maximum atomic E-state index is 12.7. The van der Waals surface area contributed by atoms with E-state index in [9.17, 15) is 15.0 Å². The van der Waals surface area contributed by atoms with E-state index in [1.165, 1.54) is 12.1 Å². The van der Waals surface area contributed by atoms with Gasteiger partial charge in [0.2, 0.25) is 0 Å². The number of ketones is 1. The Bertz CT molecular complexity index is 677. The quantitative estimate of drug-likeness (QED) is 0.802. The molecule has 4 nitrogen and oxygen atoms in total. The molecule has 0 radical (unpaired) electrons. The number of hydrogen-bond donors (Lipinski definition) is 2. The Hall–Kier alpha value is -2.33. The van der Waals surface area contributed by atoms with Crippen molar-refractivity contribution >= 4 is 5.78 Å². The van der Waals surface area contributed by atoms with Crippen LogP contribution in [0.3, 0.4) is 0 Å². The molecule has 0 bridgehead atoms. The predicted octanol–water partition coefficient (Wildman–Crippen LogP) is 3.43. The minimum Gasteiger partial charge on any atom is -0.508 e. The molecule has 22 heavy (non-hydrogen) atoms. The Kier molecular flexibility index (Phi) is 5.17. The first-order chi connectivity index (χ1) is 10.6. The van der Waals surface area contributed by atoms with Crippen LogP contribution in [0.1, 0.15) is 40.4 Å². The van der Waals surface area contributed by atoms with Crippen LogP contribution in [0.25, 0.3) is 0 Å². The van der Waals surface area contributed by atoms with Gasteiger partial charge in [-0.3, -0.25) is 4.79 Å². The Morgan fingerprint density at radius 1 is 1.09 bits per heavy atom. The van der Waals surface area contributed by atoms with Crippen molar-refractivity contribution in [1.82, 2.24) is 0 Å². The van der Waals surface area contributed by atoms with Gasteiger partial charge in [-0.1, -0.05) is 37.6 Å². The van der Waals surface area contributed by atoms with Gasteiger partial charge in [-0.25, -0.2) is 0 Å². The van der Waals surface area contributed by atoms with Crippen molar-refractivity contribution in [1.29, 1.82) is 0 Å². The van der Waals surface area contributed by atoms with Crippen LogP contribution in [0, 0.1) is 0 Å². The van der Waals surface area contributed by atoms with Crippen LogP contribution in [-0.4, -0.2) is 23.1 Å². The second kappa shape index (κ2) is 7.09. The highest BCUT2D eigenvalue weighted by Gasteiger charge is 2.20. The van der Waals surface area contributed by atoms with Crippen molar-refractivity contribution in [3.8, 4) is 11.5 Å². The van der Waals surface area contributed by atoms with Crippen molar-refractivity contribution in [3.63, 3.8) is 0 Å². The molecule has 116 valence electrons. The summed E-state index contributed by atoms with van der Waals surface area (Å²) in [5.41, 5.74) is 1.87. The predicted molar refractivity (Wildman–Crippen MR) is 84.4 cm³/mol. The lowest BCUT2D eigenvalue weighted by molar-refractivity contribution is 0.103. The molecule has 4 heteroatoms. The van der Waals surface area contributed by atoms with E-state index in [0.29, 0.717) is 24.2 Å². The molecule has 0 amide bonds. The third-order valence-electron chi connectivity index (χ3n) is 3.56. The molecule has 0 aliphatic heterocycles. The van der Waals surface area contributed by atoms with Gasteiger partial charge in [-0.05, 0) is 24.1 Å². The summed E-state index contributed by atoms with van der Waals surface area (Å²) < 4.78 is 5.11. The van der Waals surface area contributed by atoms with Crippen LogP contribution in [0.4, 0.5) is 0 Å². The van der Waals surface area contributed by atoms with Gasteiger partial charge in [0, 0.05) is 18.2 Å². The highest BCUT2D eigenvalue weighted by Crippen LogP contribution is 2.33. The van der Waals surface area contributed by atoms with E-state index in [2.05, 4.69) is 0 Å². The normalized spacial score (nSPS) is 10.6. The lowest BCUT2D eigenvalue weighted by Crippen LogP contribution is -2.07. The van der Waals surface area contributed by atoms with Crippen molar-refractivity contribution < 1.29 is 19.7 Å². The third kappa shape index (κ3) is 3.12. The molecular weight excluding hydrogens is 280 g/mol. The maximum Gasteiger partial charge on any atom is 0.197 e. The highest BCUT2D eigenvalue weighted by atomic mass is 16.5. The minimum absolute atomic E-state index is 0.0149. The number of carbonyl (C=O) groups excluding carboxylic acids is 1. The SMILES string of the molecule is CCCc1c(O)ccc(C(=O)c2ccccc2COC)c1O. The Balaban J connectivity index is 2.48. The van der Waals surface area contributed by atoms with E-state index in [0.717, 1.165) is 12.0 Å². The number of benzene rings is 2. The molecule has 0 aliphatic carbocycles. The standard InChI is InChI=1S/C18H20O4/c1-3-6-14-16(19)10-9-15(18(14)21)17(20)13-8-5-4-7-12(13)11-22-2/h4-5,7-10,19,21H,3,6,11H2,1-2H3. The fourth-order valence-electron chi connectivity index (χ4n) is 2.47. The zero-order valence-electron chi connectivity index (χ0n) is 12.8. The van der Waals surface area contributed by atoms with E-state index < -0.39 is 0 Å². The molecule has 0 unspecified atom stereocenters. The van der Waals surface area contributed by atoms with Crippen molar-refractivity contribution in [2.45, 2.75) is 26.4 Å². The van der Waals surface area contributed by atoms with E-state index in [1.807, 2.05) is 19.1 Å². The zero-order valence-corrected chi connectivity index (χ0v) is 12.8. The molecule has 2 N–H and O–H groups in total. The molecule has 0 aliphatic rings. The first-order valence-corrected chi connectivity index (χ1v) is 7.25. The molecule has 0 fully saturated rings. The second-order valence-corrected chi connectivity index (χ2v) is 5.13. The molecule has 0 heterocycles. The van der Waals surface area contributed by atoms with Gasteiger partial charge in [-0.15, -0.1) is 0 Å². The zero-order chi connectivity index (χ0) is 16.1. The van der Waals surface area contributed by atoms with Crippen LogP contribution in [0.15, 0.2) is 36.4 Å². The summed E-state index contributed by atoms with van der Waals surface area (Å²) >= 11 is 0. The molecule has 0 atom stereocenters. The number of ether oxygens (including phenoxy) is 1. The Morgan fingerprint density at radius 3 is 2.50 bits per heavy atom. The van der Waals surface area contributed by atoms with Gasteiger partial charge in [0.25, 0.3) is 0 Å². The van der Waals surface area contributed by atoms with Crippen LogP contribution in [0.2, 0.25) is 0 Å². The van der Waals surface area contributed by atoms with E-state index in [4.69, 9.17) is 4.74 Å². The van der Waals surface area contributed by atoms with Gasteiger partial charge in [0.15, 0.2) is 5.78 Å². The first-order valence-electron chi connectivity index (χ1n) is 7.25. The minimum atomic E-state index is -0.275. The second-order valence-electron chi connectivity index (χ2n) is 5.13. The molecule has 2 rings (SSSR count). The van der Waals surface area contributed by atoms with Gasteiger partial charge in [-0.2, -0.15) is 0 Å². The fraction of sp³-hybridized carbons (Fsp3) is 0.278. The molecule has 0 spiro atoms. The van der Waals surface area contributed by atoms with Crippen LogP contribution in [0.5, 0.6) is 11.5 Å². The van der Waals surface area contributed by atoms with Gasteiger partial charge >= 0.3 is 0 Å². The number of methoxy groups -OCH3 is 1. The number of carbonyl (C=O) groups is 1. The number of phenols is 2. The number of hydrogen-bond acceptors (Lipinski definition) is 4. The Labute approximate surface area is 130 Å². The Morgan fingerprint density at radius 2 is 1.82 bits per heavy atom. The summed E-state index contributed by atoms with van der Waals surface area (Å²) in [6, 6.07) is 10.1. The molecule has 2 aromatic carbocycles. The van der Waals surface area contributed by atoms with Gasteiger partial charge in [0.1, 0.15) is 11.5 Å². The molecule has 0 aromatic heterocycles. The molecule has 0 saturated heterocycles. The lowest BCUT2D eigenvalue weighted by atomic mass is 9.95. The monoisotopic (exact) mass is 300 g/mol. The van der Waals surface area contributed by atoms with Crippen molar-refractivity contribution in [2.75, 3.05) is 7.11 Å². The number of phenolic OH excluding ortho intramolecular Hbond substituents is 2. The smallest absolute Gasteiger partial charge is 0.197 e. The summed E-state index contributed by atoms with van der Waals surface area (Å²) in [5.74, 6) is -0.400. The van der Waals surface area contributed by atoms with E-state index in [1.54, 1.807) is 19.2 Å². The number of rotatable bonds is 6. The van der Waals surface area contributed by atoms with Gasteiger partial charge in [0.05, 0.1) is 12.2 Å². The summed E-state index contributed by atoms with van der Waals surface area (Å²) in [6.45, 7) is 2.27. The van der Waals surface area contributed by atoms with Gasteiger partial charge < -0.3 is 14.9 Å². The largest absolute Gasteiger partial charge is 0.508 e. The molecule has 2 aromatic rings. The van der Waals surface area contributed by atoms with Crippen molar-refractivity contribution in [2.24, 2.45) is 0 Å². The van der Waals surface area contributed by atoms with E-state index >= 15 is 0 Å². The van der Waals surface area contributed by atoms with Crippen molar-refractivity contribution in [3.05, 3.63) is 58.7 Å². The fourth-order valence-corrected chi connectivity index (χ4v) is 2.47. The maximum absolute atomic E-state index is 12.7.